The minimum absolute atomic E-state index is 0.0532. The molecule has 0 bridgehead atoms. The first-order chi connectivity index (χ1) is 18.9. The van der Waals surface area contributed by atoms with Crippen molar-refractivity contribution in [2.24, 2.45) is 0 Å². The topological polar surface area (TPSA) is 249 Å². The normalized spacial score (nSPS) is 32.6. The molecule has 0 radical (unpaired) electrons. The highest BCUT2D eigenvalue weighted by Gasteiger charge is 2.53. The van der Waals surface area contributed by atoms with Crippen LogP contribution in [0.25, 0.3) is 21.9 Å². The van der Waals surface area contributed by atoms with Crippen LogP contribution in [0.15, 0.2) is 27.4 Å². The van der Waals surface area contributed by atoms with E-state index in [1.165, 1.54) is 13.2 Å². The maximum atomic E-state index is 13.4. The lowest BCUT2D eigenvalue weighted by atomic mass is 9.89. The van der Waals surface area contributed by atoms with Crippen LogP contribution in [0.1, 0.15) is 11.7 Å². The standard InChI is InChI=1S/C25H28O15/c1-36-12-2-8-11(3-9(12)28)38-13-4-10(29)15(19(32)16(13)17(8)30)21-22(20(33)18(31)14(5-26)39-21)40-24-23(34)25(35,6-27)7-37-24/h2-4,14,18,20-24,26-29,31-35H,5-7H2,1H3/t14-,18-,20+,21+,22-,23+,24+,25-/m1/s1. The first-order valence-corrected chi connectivity index (χ1v) is 12.1. The number of aliphatic hydroxyl groups excluding tert-OH is 5. The second-order valence-corrected chi connectivity index (χ2v) is 9.73. The van der Waals surface area contributed by atoms with Gasteiger partial charge >= 0.3 is 0 Å². The molecule has 0 amide bonds. The number of benzene rings is 2. The average molecular weight is 568 g/mol. The number of hydrogen-bond donors (Lipinski definition) is 9. The molecule has 3 heterocycles. The molecule has 40 heavy (non-hydrogen) atoms. The van der Waals surface area contributed by atoms with Crippen LogP contribution in [0.2, 0.25) is 0 Å². The summed E-state index contributed by atoms with van der Waals surface area (Å²) in [6, 6.07) is 3.28. The van der Waals surface area contributed by atoms with Crippen LogP contribution in [-0.2, 0) is 14.2 Å². The monoisotopic (exact) mass is 568 g/mol. The number of aromatic hydroxyl groups is 3. The first kappa shape index (κ1) is 28.3. The smallest absolute Gasteiger partial charge is 0.204 e. The number of ether oxygens (including phenoxy) is 4. The number of phenols is 3. The van der Waals surface area contributed by atoms with Gasteiger partial charge in [-0.15, -0.1) is 0 Å². The second-order valence-electron chi connectivity index (χ2n) is 9.73. The van der Waals surface area contributed by atoms with Crippen molar-refractivity contribution in [3.8, 4) is 23.0 Å². The third kappa shape index (κ3) is 4.32. The molecular formula is C25H28O15. The first-order valence-electron chi connectivity index (χ1n) is 12.1. The van der Waals surface area contributed by atoms with Crippen molar-refractivity contribution in [3.63, 3.8) is 0 Å². The third-order valence-corrected chi connectivity index (χ3v) is 7.28. The van der Waals surface area contributed by atoms with Crippen molar-refractivity contribution in [1.29, 1.82) is 0 Å². The molecule has 2 aliphatic heterocycles. The minimum Gasteiger partial charge on any atom is -0.507 e. The Morgan fingerprint density at radius 3 is 2.35 bits per heavy atom. The van der Waals surface area contributed by atoms with Crippen LogP contribution in [0.4, 0.5) is 0 Å². The van der Waals surface area contributed by atoms with Gasteiger partial charge in [0.2, 0.25) is 5.43 Å². The van der Waals surface area contributed by atoms with Gasteiger partial charge in [0.05, 0.1) is 37.9 Å². The van der Waals surface area contributed by atoms with E-state index in [1.54, 1.807) is 0 Å². The lowest BCUT2D eigenvalue weighted by molar-refractivity contribution is -0.287. The summed E-state index contributed by atoms with van der Waals surface area (Å²) in [5.74, 6) is -1.94. The van der Waals surface area contributed by atoms with Crippen LogP contribution < -0.4 is 10.2 Å². The number of hydrogen-bond acceptors (Lipinski definition) is 15. The molecule has 218 valence electrons. The van der Waals surface area contributed by atoms with Crippen molar-refractivity contribution in [1.82, 2.24) is 0 Å². The van der Waals surface area contributed by atoms with E-state index in [2.05, 4.69) is 0 Å². The molecule has 0 aliphatic carbocycles. The van der Waals surface area contributed by atoms with Gasteiger partial charge in [0.25, 0.3) is 0 Å². The summed E-state index contributed by atoms with van der Waals surface area (Å²) in [6.45, 7) is -2.25. The van der Waals surface area contributed by atoms with Crippen LogP contribution in [0.3, 0.4) is 0 Å². The fraction of sp³-hybridized carbons (Fsp3) is 0.480. The van der Waals surface area contributed by atoms with Gasteiger partial charge in [-0.1, -0.05) is 0 Å². The van der Waals surface area contributed by atoms with Gasteiger partial charge in [-0.2, -0.15) is 0 Å². The van der Waals surface area contributed by atoms with Gasteiger partial charge in [0.1, 0.15) is 70.3 Å². The van der Waals surface area contributed by atoms with Crippen molar-refractivity contribution < 1.29 is 69.3 Å². The van der Waals surface area contributed by atoms with E-state index < -0.39 is 96.2 Å². The van der Waals surface area contributed by atoms with Crippen molar-refractivity contribution >= 4 is 21.9 Å². The Morgan fingerprint density at radius 2 is 1.73 bits per heavy atom. The number of rotatable bonds is 6. The summed E-state index contributed by atoms with van der Waals surface area (Å²) in [7, 11) is 1.27. The number of phenolic OH excluding ortho intramolecular Hbond substituents is 3. The number of aliphatic hydroxyl groups is 6. The van der Waals surface area contributed by atoms with E-state index in [0.29, 0.717) is 0 Å². The molecule has 1 aromatic heterocycles. The van der Waals surface area contributed by atoms with Crippen LogP contribution in [0.5, 0.6) is 23.0 Å². The lowest BCUT2D eigenvalue weighted by Crippen LogP contribution is -2.58. The average Bonchev–Trinajstić information content (AvgIpc) is 3.20. The molecule has 15 heteroatoms. The molecule has 2 aromatic carbocycles. The zero-order valence-electron chi connectivity index (χ0n) is 20.9. The summed E-state index contributed by atoms with van der Waals surface area (Å²) in [4.78, 5) is 13.4. The quantitative estimate of drug-likeness (QED) is 0.147. The molecule has 8 atom stereocenters. The van der Waals surface area contributed by atoms with E-state index in [4.69, 9.17) is 23.4 Å². The molecule has 15 nitrogen and oxygen atoms in total. The molecule has 0 spiro atoms. The Bertz CT molecular complexity index is 1490. The zero-order chi connectivity index (χ0) is 29.1. The van der Waals surface area contributed by atoms with Crippen molar-refractivity contribution in [3.05, 3.63) is 34.0 Å². The summed E-state index contributed by atoms with van der Waals surface area (Å²) in [5, 5.41) is 92.9. The molecule has 2 fully saturated rings. The predicted octanol–water partition coefficient (Wildman–Crippen LogP) is -1.95. The molecule has 0 unspecified atom stereocenters. The number of fused-ring (bicyclic) bond motifs is 2. The fourth-order valence-corrected chi connectivity index (χ4v) is 4.99. The highest BCUT2D eigenvalue weighted by atomic mass is 16.7. The SMILES string of the molecule is COc1cc2c(=O)c3c(O)c([C@@H]4O[C@H](CO)[C@@H](O)[C@H](O)[C@H]4O[C@@H]4OC[C@](O)(CO)[C@H]4O)c(O)cc3oc2cc1O. The molecule has 9 N–H and O–H groups in total. The van der Waals surface area contributed by atoms with E-state index in [0.717, 1.165) is 12.1 Å². The van der Waals surface area contributed by atoms with Gasteiger partial charge in [0.15, 0.2) is 17.8 Å². The fourth-order valence-electron chi connectivity index (χ4n) is 4.99. The van der Waals surface area contributed by atoms with Gasteiger partial charge in [-0.25, -0.2) is 0 Å². The highest BCUT2D eigenvalue weighted by molar-refractivity contribution is 5.96. The minimum atomic E-state index is -2.10. The molecule has 2 saturated heterocycles. The maximum absolute atomic E-state index is 13.4. The van der Waals surface area contributed by atoms with Gasteiger partial charge in [-0.3, -0.25) is 4.79 Å². The Kier molecular flexibility index (Phi) is 7.28. The molecule has 2 aliphatic rings. The summed E-state index contributed by atoms with van der Waals surface area (Å²) < 4.78 is 27.2. The second kappa shape index (κ2) is 10.3. The lowest BCUT2D eigenvalue weighted by Gasteiger charge is -2.43. The van der Waals surface area contributed by atoms with Gasteiger partial charge in [-0.05, 0) is 6.07 Å². The molecule has 5 rings (SSSR count). The summed E-state index contributed by atoms with van der Waals surface area (Å²) in [5.41, 5.74) is -3.75. The largest absolute Gasteiger partial charge is 0.507 e. The van der Waals surface area contributed by atoms with Gasteiger partial charge < -0.3 is 69.3 Å². The van der Waals surface area contributed by atoms with Crippen molar-refractivity contribution in [2.45, 2.75) is 48.5 Å². The highest BCUT2D eigenvalue weighted by Crippen LogP contribution is 2.46. The van der Waals surface area contributed by atoms with Crippen LogP contribution >= 0.6 is 0 Å². The summed E-state index contributed by atoms with van der Waals surface area (Å²) in [6.07, 6.45) is -12.0. The molecule has 0 saturated carbocycles. The van der Waals surface area contributed by atoms with Crippen LogP contribution in [0, 0.1) is 0 Å². The number of methoxy groups -OCH3 is 1. The van der Waals surface area contributed by atoms with Crippen LogP contribution in [-0.4, -0.2) is 115 Å². The maximum Gasteiger partial charge on any atom is 0.204 e. The Hall–Kier alpha value is -3.25. The third-order valence-electron chi connectivity index (χ3n) is 7.28. The molecular weight excluding hydrogens is 540 g/mol. The Morgan fingerprint density at radius 1 is 1.02 bits per heavy atom. The van der Waals surface area contributed by atoms with E-state index >= 15 is 0 Å². The van der Waals surface area contributed by atoms with E-state index in [1.807, 2.05) is 0 Å². The van der Waals surface area contributed by atoms with E-state index in [-0.39, 0.29) is 28.1 Å². The predicted molar refractivity (Wildman–Crippen MR) is 131 cm³/mol. The molecule has 3 aromatic rings. The Balaban J connectivity index is 1.65. The van der Waals surface area contributed by atoms with E-state index in [9.17, 15) is 50.8 Å². The van der Waals surface area contributed by atoms with Gasteiger partial charge in [0, 0.05) is 12.1 Å². The zero-order valence-corrected chi connectivity index (χ0v) is 20.9. The Labute approximate surface area is 224 Å². The van der Waals surface area contributed by atoms with Crippen molar-refractivity contribution in [2.75, 3.05) is 26.9 Å². The summed E-state index contributed by atoms with van der Waals surface area (Å²) >= 11 is 0.